The van der Waals surface area contributed by atoms with Crippen LogP contribution in [0.15, 0.2) is 43.7 Å². The molecule has 9 heteroatoms. The highest BCUT2D eigenvalue weighted by atomic mass is 32.1. The molecule has 0 aliphatic heterocycles. The Labute approximate surface area is 168 Å². The van der Waals surface area contributed by atoms with Crippen molar-refractivity contribution in [3.05, 3.63) is 67.4 Å². The van der Waals surface area contributed by atoms with Gasteiger partial charge < -0.3 is 14.5 Å². The molecule has 8 nitrogen and oxygen atoms in total. The van der Waals surface area contributed by atoms with E-state index in [0.29, 0.717) is 34.1 Å². The van der Waals surface area contributed by atoms with E-state index < -0.39 is 17.1 Å². The monoisotopic (exact) mass is 411 g/mol. The van der Waals surface area contributed by atoms with Crippen LogP contribution in [-0.2, 0) is 0 Å². The molecule has 0 unspecified atom stereocenters. The second kappa shape index (κ2) is 7.17. The third kappa shape index (κ3) is 3.19. The van der Waals surface area contributed by atoms with E-state index in [1.807, 2.05) is 12.3 Å². The molecule has 148 valence electrons. The molecule has 0 radical (unpaired) electrons. The second-order valence-corrected chi connectivity index (χ2v) is 7.22. The molecule has 0 aliphatic rings. The minimum atomic E-state index is -0.819. The standard InChI is InChI=1S/C20H17N3O5S/c1-4-27-14-7-5-6-12-8-13(19(26)28-16(12)14)17(24)22-15-11(3)21-20-23(18(15)25)10(2)9-29-20/h5-9H,4H2,1-3H3,(H,22,24). The molecule has 0 aliphatic carbocycles. The first-order chi connectivity index (χ1) is 13.9. The van der Waals surface area contributed by atoms with Gasteiger partial charge in [-0.15, -0.1) is 11.3 Å². The SMILES string of the molecule is CCOc1cccc2cc(C(=O)Nc3c(C)nc4scc(C)n4c3=O)c(=O)oc12. The highest BCUT2D eigenvalue weighted by Gasteiger charge is 2.20. The molecule has 0 spiro atoms. The van der Waals surface area contributed by atoms with E-state index in [2.05, 4.69) is 10.3 Å². The summed E-state index contributed by atoms with van der Waals surface area (Å²) in [5.41, 5.74) is -0.0532. The Balaban J connectivity index is 1.78. The summed E-state index contributed by atoms with van der Waals surface area (Å²) >= 11 is 1.34. The molecular formula is C20H17N3O5S. The molecule has 3 heterocycles. The number of ether oxygens (including phenoxy) is 1. The zero-order chi connectivity index (χ0) is 20.7. The number of carbonyl (C=O) groups excluding carboxylic acids is 1. The van der Waals surface area contributed by atoms with Crippen LogP contribution >= 0.6 is 11.3 Å². The average Bonchev–Trinajstić information content (AvgIpc) is 3.05. The molecule has 0 saturated heterocycles. The van der Waals surface area contributed by atoms with Gasteiger partial charge in [-0.05, 0) is 32.9 Å². The van der Waals surface area contributed by atoms with E-state index in [1.54, 1.807) is 32.0 Å². The van der Waals surface area contributed by atoms with Crippen LogP contribution in [0, 0.1) is 13.8 Å². The van der Waals surface area contributed by atoms with Crippen molar-refractivity contribution in [2.75, 3.05) is 11.9 Å². The maximum atomic E-state index is 12.8. The lowest BCUT2D eigenvalue weighted by Gasteiger charge is -2.09. The van der Waals surface area contributed by atoms with E-state index >= 15 is 0 Å². The van der Waals surface area contributed by atoms with Gasteiger partial charge in [0.05, 0.1) is 12.3 Å². The molecule has 1 N–H and O–H groups in total. The summed E-state index contributed by atoms with van der Waals surface area (Å²) < 4.78 is 12.2. The van der Waals surface area contributed by atoms with Gasteiger partial charge in [0.1, 0.15) is 11.3 Å². The molecule has 1 amide bonds. The number of benzene rings is 1. The first-order valence-corrected chi connectivity index (χ1v) is 9.77. The van der Waals surface area contributed by atoms with Crippen LogP contribution in [0.1, 0.15) is 28.7 Å². The fourth-order valence-corrected chi connectivity index (χ4v) is 3.96. The van der Waals surface area contributed by atoms with Crippen molar-refractivity contribution in [3.8, 4) is 5.75 Å². The number of hydrogen-bond acceptors (Lipinski definition) is 7. The van der Waals surface area contributed by atoms with E-state index in [4.69, 9.17) is 9.15 Å². The van der Waals surface area contributed by atoms with Crippen LogP contribution in [-0.4, -0.2) is 21.9 Å². The fourth-order valence-electron chi connectivity index (χ4n) is 3.05. The molecular weight excluding hydrogens is 394 g/mol. The van der Waals surface area contributed by atoms with Crippen molar-refractivity contribution in [2.45, 2.75) is 20.8 Å². The van der Waals surface area contributed by atoms with Crippen molar-refractivity contribution in [2.24, 2.45) is 0 Å². The number of aryl methyl sites for hydroxylation is 2. The van der Waals surface area contributed by atoms with Crippen LogP contribution in [0.4, 0.5) is 5.69 Å². The van der Waals surface area contributed by atoms with Gasteiger partial charge >= 0.3 is 5.63 Å². The van der Waals surface area contributed by atoms with Crippen LogP contribution in [0.5, 0.6) is 5.75 Å². The van der Waals surface area contributed by atoms with Gasteiger partial charge in [0, 0.05) is 16.5 Å². The minimum absolute atomic E-state index is 0.0246. The topological polar surface area (TPSA) is 103 Å². The molecule has 0 bridgehead atoms. The van der Waals surface area contributed by atoms with Gasteiger partial charge in [-0.2, -0.15) is 0 Å². The summed E-state index contributed by atoms with van der Waals surface area (Å²) in [7, 11) is 0. The quantitative estimate of drug-likeness (QED) is 0.518. The van der Waals surface area contributed by atoms with Gasteiger partial charge in [0.2, 0.25) is 0 Å². The number of nitrogens with zero attached hydrogens (tertiary/aromatic N) is 2. The Morgan fingerprint density at radius 2 is 2.10 bits per heavy atom. The van der Waals surface area contributed by atoms with Crippen LogP contribution in [0.3, 0.4) is 0 Å². The zero-order valence-electron chi connectivity index (χ0n) is 15.9. The van der Waals surface area contributed by atoms with Crippen molar-refractivity contribution >= 4 is 38.9 Å². The molecule has 4 rings (SSSR count). The summed E-state index contributed by atoms with van der Waals surface area (Å²) in [5, 5.41) is 4.87. The Bertz CT molecular complexity index is 1380. The van der Waals surface area contributed by atoms with Crippen LogP contribution < -0.4 is 21.2 Å². The van der Waals surface area contributed by atoms with E-state index in [0.717, 1.165) is 0 Å². The summed E-state index contributed by atoms with van der Waals surface area (Å²) in [6.07, 6.45) is 0. The molecule has 1 aromatic carbocycles. The number of rotatable bonds is 4. The summed E-state index contributed by atoms with van der Waals surface area (Å²) in [6, 6.07) is 6.55. The van der Waals surface area contributed by atoms with Crippen molar-refractivity contribution < 1.29 is 13.9 Å². The number of aromatic nitrogens is 2. The molecule has 0 saturated carbocycles. The van der Waals surface area contributed by atoms with E-state index in [-0.39, 0.29) is 16.8 Å². The van der Waals surface area contributed by atoms with E-state index in [9.17, 15) is 14.4 Å². The van der Waals surface area contributed by atoms with Gasteiger partial charge in [0.15, 0.2) is 16.3 Å². The number of fused-ring (bicyclic) bond motifs is 2. The third-order valence-electron chi connectivity index (χ3n) is 4.43. The lowest BCUT2D eigenvalue weighted by Crippen LogP contribution is -2.27. The number of nitrogens with one attached hydrogen (secondary N) is 1. The Morgan fingerprint density at radius 3 is 2.86 bits per heavy atom. The first-order valence-electron chi connectivity index (χ1n) is 8.89. The Kier molecular flexibility index (Phi) is 4.67. The summed E-state index contributed by atoms with van der Waals surface area (Å²) in [5.74, 6) is -0.317. The molecule has 4 aromatic rings. The van der Waals surface area contributed by atoms with Crippen LogP contribution in [0.25, 0.3) is 15.9 Å². The number of para-hydroxylation sites is 1. The van der Waals surface area contributed by atoms with Crippen molar-refractivity contribution in [1.29, 1.82) is 0 Å². The molecule has 29 heavy (non-hydrogen) atoms. The molecule has 3 aromatic heterocycles. The normalized spacial score (nSPS) is 11.1. The third-order valence-corrected chi connectivity index (χ3v) is 5.37. The minimum Gasteiger partial charge on any atom is -0.490 e. The Hall–Kier alpha value is -3.46. The predicted octanol–water partition coefficient (Wildman–Crippen LogP) is 3.13. The smallest absolute Gasteiger partial charge is 0.349 e. The van der Waals surface area contributed by atoms with Gasteiger partial charge in [-0.25, -0.2) is 9.78 Å². The predicted molar refractivity (Wildman–Crippen MR) is 110 cm³/mol. The summed E-state index contributed by atoms with van der Waals surface area (Å²) in [4.78, 5) is 42.9. The summed E-state index contributed by atoms with van der Waals surface area (Å²) in [6.45, 7) is 5.64. The van der Waals surface area contributed by atoms with Gasteiger partial charge in [-0.3, -0.25) is 14.0 Å². The average molecular weight is 411 g/mol. The number of amides is 1. The molecule has 0 atom stereocenters. The van der Waals surface area contributed by atoms with Crippen molar-refractivity contribution in [3.63, 3.8) is 0 Å². The largest absolute Gasteiger partial charge is 0.490 e. The van der Waals surface area contributed by atoms with E-state index in [1.165, 1.54) is 21.8 Å². The van der Waals surface area contributed by atoms with Crippen molar-refractivity contribution in [1.82, 2.24) is 9.38 Å². The second-order valence-electron chi connectivity index (χ2n) is 6.38. The van der Waals surface area contributed by atoms with Gasteiger partial charge in [0.25, 0.3) is 11.5 Å². The Morgan fingerprint density at radius 1 is 1.31 bits per heavy atom. The highest BCUT2D eigenvalue weighted by molar-refractivity contribution is 7.15. The number of hydrogen-bond donors (Lipinski definition) is 1. The number of thiazole rings is 1. The maximum absolute atomic E-state index is 12.8. The fraction of sp³-hybridized carbons (Fsp3) is 0.200. The lowest BCUT2D eigenvalue weighted by atomic mass is 10.1. The first kappa shape index (κ1) is 18.9. The number of carbonyl (C=O) groups is 1. The maximum Gasteiger partial charge on any atom is 0.349 e. The van der Waals surface area contributed by atoms with Gasteiger partial charge in [-0.1, -0.05) is 12.1 Å². The highest BCUT2D eigenvalue weighted by Crippen LogP contribution is 2.25. The zero-order valence-corrected chi connectivity index (χ0v) is 16.8. The lowest BCUT2D eigenvalue weighted by molar-refractivity contribution is 0.102. The molecule has 0 fully saturated rings. The van der Waals surface area contributed by atoms with Crippen LogP contribution in [0.2, 0.25) is 0 Å². The number of anilines is 1.